The van der Waals surface area contributed by atoms with Gasteiger partial charge in [-0.15, -0.1) is 0 Å². The number of aromatic amines is 1. The Morgan fingerprint density at radius 1 is 1.00 bits per heavy atom. The molecule has 0 aliphatic heterocycles. The van der Waals surface area contributed by atoms with Crippen LogP contribution in [-0.2, 0) is 0 Å². The predicted molar refractivity (Wildman–Crippen MR) is 91.0 cm³/mol. The molecule has 0 saturated heterocycles. The van der Waals surface area contributed by atoms with E-state index in [2.05, 4.69) is 29.0 Å². The molecular formula is C18H16N2OS. The van der Waals surface area contributed by atoms with E-state index in [9.17, 15) is 4.79 Å². The van der Waals surface area contributed by atoms with Gasteiger partial charge < -0.3 is 4.98 Å². The fourth-order valence-electron chi connectivity index (χ4n) is 2.21. The molecule has 3 nitrogen and oxygen atoms in total. The summed E-state index contributed by atoms with van der Waals surface area (Å²) in [6.45, 7) is 2.11. The van der Waals surface area contributed by atoms with Crippen molar-refractivity contribution in [1.82, 2.24) is 9.97 Å². The van der Waals surface area contributed by atoms with Crippen LogP contribution in [0.15, 0.2) is 76.7 Å². The zero-order valence-corrected chi connectivity index (χ0v) is 13.0. The maximum atomic E-state index is 11.9. The predicted octanol–water partition coefficient (Wildman–Crippen LogP) is 4.29. The third-order valence-electron chi connectivity index (χ3n) is 3.35. The first kappa shape index (κ1) is 14.6. The van der Waals surface area contributed by atoms with Crippen LogP contribution in [0.3, 0.4) is 0 Å². The van der Waals surface area contributed by atoms with Crippen molar-refractivity contribution in [3.63, 3.8) is 0 Å². The lowest BCUT2D eigenvalue weighted by molar-refractivity contribution is 0.931. The molecule has 4 heteroatoms. The monoisotopic (exact) mass is 308 g/mol. The van der Waals surface area contributed by atoms with E-state index < -0.39 is 0 Å². The molecule has 0 amide bonds. The second kappa shape index (κ2) is 6.62. The molecular weight excluding hydrogens is 292 g/mol. The Morgan fingerprint density at radius 2 is 1.64 bits per heavy atom. The lowest BCUT2D eigenvalue weighted by atomic mass is 10.1. The normalized spacial score (nSPS) is 12.0. The summed E-state index contributed by atoms with van der Waals surface area (Å²) in [6, 6.07) is 21.5. The summed E-state index contributed by atoms with van der Waals surface area (Å²) in [5.41, 5.74) is 2.73. The first-order chi connectivity index (χ1) is 10.7. The number of hydrogen-bond donors (Lipinski definition) is 1. The molecule has 0 saturated carbocycles. The Kier molecular flexibility index (Phi) is 4.39. The lowest BCUT2D eigenvalue weighted by Crippen LogP contribution is -2.08. The Bertz CT molecular complexity index is 800. The number of thioether (sulfide) groups is 1. The van der Waals surface area contributed by atoms with E-state index in [0.29, 0.717) is 10.9 Å². The molecule has 1 aromatic heterocycles. The molecule has 0 fully saturated rings. The van der Waals surface area contributed by atoms with Gasteiger partial charge in [0, 0.05) is 16.9 Å². The van der Waals surface area contributed by atoms with Gasteiger partial charge in [0.1, 0.15) is 0 Å². The number of H-pyrrole nitrogens is 1. The first-order valence-electron chi connectivity index (χ1n) is 7.11. The maximum absolute atomic E-state index is 11.9. The minimum atomic E-state index is -0.128. The maximum Gasteiger partial charge on any atom is 0.252 e. The summed E-state index contributed by atoms with van der Waals surface area (Å²) in [7, 11) is 0. The molecule has 0 aliphatic rings. The molecule has 1 N–H and O–H groups in total. The first-order valence-corrected chi connectivity index (χ1v) is 7.99. The van der Waals surface area contributed by atoms with Crippen molar-refractivity contribution in [2.75, 3.05) is 0 Å². The van der Waals surface area contributed by atoms with E-state index in [1.807, 2.05) is 48.5 Å². The summed E-state index contributed by atoms with van der Waals surface area (Å²) >= 11 is 1.55. The van der Waals surface area contributed by atoms with Crippen molar-refractivity contribution in [3.8, 4) is 11.3 Å². The van der Waals surface area contributed by atoms with Crippen LogP contribution in [0.5, 0.6) is 0 Å². The van der Waals surface area contributed by atoms with Gasteiger partial charge in [-0.2, -0.15) is 0 Å². The van der Waals surface area contributed by atoms with Crippen LogP contribution in [0, 0.1) is 0 Å². The van der Waals surface area contributed by atoms with Crippen molar-refractivity contribution in [3.05, 3.63) is 82.6 Å². The van der Waals surface area contributed by atoms with Gasteiger partial charge in [-0.25, -0.2) is 4.98 Å². The SMILES string of the molecule is CC(Sc1nc(-c2ccccc2)cc(=O)[nH]1)c1ccccc1. The highest BCUT2D eigenvalue weighted by molar-refractivity contribution is 7.99. The topological polar surface area (TPSA) is 45.8 Å². The average Bonchev–Trinajstić information content (AvgIpc) is 2.56. The minimum Gasteiger partial charge on any atom is -0.301 e. The third kappa shape index (κ3) is 3.46. The molecule has 110 valence electrons. The van der Waals surface area contributed by atoms with E-state index in [1.54, 1.807) is 11.8 Å². The van der Waals surface area contributed by atoms with Gasteiger partial charge in [-0.3, -0.25) is 4.79 Å². The Hall–Kier alpha value is -2.33. The molecule has 0 radical (unpaired) electrons. The van der Waals surface area contributed by atoms with Crippen molar-refractivity contribution >= 4 is 11.8 Å². The number of aromatic nitrogens is 2. The molecule has 1 heterocycles. The molecule has 2 aromatic carbocycles. The molecule has 1 unspecified atom stereocenters. The fourth-order valence-corrected chi connectivity index (χ4v) is 3.15. The summed E-state index contributed by atoms with van der Waals surface area (Å²) in [5, 5.41) is 0.859. The molecule has 0 aliphatic carbocycles. The Morgan fingerprint density at radius 3 is 2.32 bits per heavy atom. The Labute approximate surface area is 133 Å². The van der Waals surface area contributed by atoms with Crippen molar-refractivity contribution in [2.24, 2.45) is 0 Å². The zero-order chi connectivity index (χ0) is 15.4. The van der Waals surface area contributed by atoms with E-state index in [4.69, 9.17) is 0 Å². The van der Waals surface area contributed by atoms with Crippen molar-refractivity contribution < 1.29 is 0 Å². The number of rotatable bonds is 4. The summed E-state index contributed by atoms with van der Waals surface area (Å²) in [6.07, 6.45) is 0. The molecule has 3 aromatic rings. The highest BCUT2D eigenvalue weighted by Gasteiger charge is 2.10. The van der Waals surface area contributed by atoms with E-state index >= 15 is 0 Å². The number of hydrogen-bond acceptors (Lipinski definition) is 3. The van der Waals surface area contributed by atoms with Gasteiger partial charge in [-0.05, 0) is 12.5 Å². The van der Waals surface area contributed by atoms with Crippen LogP contribution in [-0.4, -0.2) is 9.97 Å². The van der Waals surface area contributed by atoms with Gasteiger partial charge in [0.15, 0.2) is 5.16 Å². The van der Waals surface area contributed by atoms with Gasteiger partial charge >= 0.3 is 0 Å². The second-order valence-corrected chi connectivity index (χ2v) is 6.30. The van der Waals surface area contributed by atoms with Crippen LogP contribution < -0.4 is 5.56 Å². The largest absolute Gasteiger partial charge is 0.301 e. The smallest absolute Gasteiger partial charge is 0.252 e. The summed E-state index contributed by atoms with van der Waals surface area (Å²) < 4.78 is 0. The molecule has 0 spiro atoms. The quantitative estimate of drug-likeness (QED) is 0.577. The molecule has 0 bridgehead atoms. The van der Waals surface area contributed by atoms with E-state index in [1.165, 1.54) is 11.6 Å². The van der Waals surface area contributed by atoms with Crippen LogP contribution in [0.2, 0.25) is 0 Å². The van der Waals surface area contributed by atoms with Crippen molar-refractivity contribution in [1.29, 1.82) is 0 Å². The minimum absolute atomic E-state index is 0.128. The molecule has 22 heavy (non-hydrogen) atoms. The van der Waals surface area contributed by atoms with Crippen LogP contribution in [0.25, 0.3) is 11.3 Å². The number of nitrogens with zero attached hydrogens (tertiary/aromatic N) is 1. The van der Waals surface area contributed by atoms with E-state index in [0.717, 1.165) is 5.56 Å². The van der Waals surface area contributed by atoms with E-state index in [-0.39, 0.29) is 10.8 Å². The van der Waals surface area contributed by atoms with Gasteiger partial charge in [0.05, 0.1) is 5.69 Å². The van der Waals surface area contributed by atoms with Gasteiger partial charge in [0.2, 0.25) is 0 Å². The summed E-state index contributed by atoms with van der Waals surface area (Å²) in [5.74, 6) is 0. The lowest BCUT2D eigenvalue weighted by Gasteiger charge is -2.11. The third-order valence-corrected chi connectivity index (χ3v) is 4.39. The highest BCUT2D eigenvalue weighted by atomic mass is 32.2. The molecule has 3 rings (SSSR count). The highest BCUT2D eigenvalue weighted by Crippen LogP contribution is 2.32. The molecule has 1 atom stereocenters. The van der Waals surface area contributed by atoms with Crippen LogP contribution in [0.1, 0.15) is 17.7 Å². The average molecular weight is 308 g/mol. The fraction of sp³-hybridized carbons (Fsp3) is 0.111. The summed E-state index contributed by atoms with van der Waals surface area (Å²) in [4.78, 5) is 19.3. The van der Waals surface area contributed by atoms with Crippen LogP contribution >= 0.6 is 11.8 Å². The van der Waals surface area contributed by atoms with Crippen LogP contribution in [0.4, 0.5) is 0 Å². The number of nitrogens with one attached hydrogen (secondary N) is 1. The second-order valence-electron chi connectivity index (χ2n) is 4.97. The standard InChI is InChI=1S/C18H16N2OS/c1-13(14-8-4-2-5-9-14)22-18-19-16(12-17(21)20-18)15-10-6-3-7-11-15/h2-13H,1H3,(H,19,20,21). The Balaban J connectivity index is 1.89. The van der Waals surface area contributed by atoms with Crippen molar-refractivity contribution in [2.45, 2.75) is 17.3 Å². The number of benzene rings is 2. The van der Waals surface area contributed by atoms with Gasteiger partial charge in [0.25, 0.3) is 5.56 Å². The van der Waals surface area contributed by atoms with Gasteiger partial charge in [-0.1, -0.05) is 72.4 Å². The zero-order valence-electron chi connectivity index (χ0n) is 12.2.